The second-order valence-electron chi connectivity index (χ2n) is 8.93. The predicted octanol–water partition coefficient (Wildman–Crippen LogP) is 7.65. The molecule has 5 heteroatoms. The van der Waals surface area contributed by atoms with Gasteiger partial charge in [-0.15, -0.1) is 0 Å². The van der Waals surface area contributed by atoms with Crippen LogP contribution in [0.25, 0.3) is 10.9 Å². The lowest BCUT2D eigenvalue weighted by atomic mass is 9.98. The Morgan fingerprint density at radius 1 is 0.865 bits per heavy atom. The first-order valence-electron chi connectivity index (χ1n) is 12.3. The minimum absolute atomic E-state index is 0.00361. The Morgan fingerprint density at radius 3 is 2.08 bits per heavy atom. The lowest BCUT2D eigenvalue weighted by Gasteiger charge is -2.23. The van der Waals surface area contributed by atoms with Crippen LogP contribution < -0.4 is 4.74 Å². The molecule has 0 amide bonds. The van der Waals surface area contributed by atoms with Gasteiger partial charge in [-0.2, -0.15) is 0 Å². The number of hydrogen-bond donors (Lipinski definition) is 0. The van der Waals surface area contributed by atoms with Crippen LogP contribution in [0, 0.1) is 6.92 Å². The van der Waals surface area contributed by atoms with Crippen LogP contribution in [0.3, 0.4) is 0 Å². The van der Waals surface area contributed by atoms with Crippen molar-refractivity contribution in [1.82, 2.24) is 4.57 Å². The highest BCUT2D eigenvalue weighted by atomic mass is 35.5. The van der Waals surface area contributed by atoms with E-state index < -0.39 is 0 Å². The molecule has 186 valence electrons. The first-order valence-corrected chi connectivity index (χ1v) is 12.6. The summed E-state index contributed by atoms with van der Waals surface area (Å²) < 4.78 is 13.2. The van der Waals surface area contributed by atoms with E-state index in [1.807, 2.05) is 18.2 Å². The van der Waals surface area contributed by atoms with Crippen molar-refractivity contribution < 1.29 is 14.3 Å². The third kappa shape index (κ3) is 5.11. The summed E-state index contributed by atoms with van der Waals surface area (Å²) in [5.74, 6) is 0.351. The molecule has 0 bridgehead atoms. The maximum Gasteiger partial charge on any atom is 0.337 e. The van der Waals surface area contributed by atoms with Crippen molar-refractivity contribution in [2.75, 3.05) is 13.7 Å². The summed E-state index contributed by atoms with van der Waals surface area (Å²) in [6.07, 6.45) is 0.728. The van der Waals surface area contributed by atoms with Gasteiger partial charge in [0.1, 0.15) is 5.75 Å². The number of esters is 1. The Balaban J connectivity index is 1.51. The van der Waals surface area contributed by atoms with Gasteiger partial charge in [-0.05, 0) is 60.0 Å². The predicted molar refractivity (Wildman–Crippen MR) is 149 cm³/mol. The summed E-state index contributed by atoms with van der Waals surface area (Å²) in [7, 11) is 1.37. The summed E-state index contributed by atoms with van der Waals surface area (Å²) >= 11 is 6.51. The number of carbonyl (C=O) groups is 1. The fraction of sp³-hybridized carbons (Fsp3) is 0.156. The average molecular weight is 510 g/mol. The summed E-state index contributed by atoms with van der Waals surface area (Å²) in [6, 6.07) is 34.2. The van der Waals surface area contributed by atoms with Crippen LogP contribution in [0.1, 0.15) is 38.8 Å². The number of halogens is 1. The number of methoxy groups -OCH3 is 1. The first kappa shape index (κ1) is 24.7. The fourth-order valence-electron chi connectivity index (χ4n) is 4.97. The van der Waals surface area contributed by atoms with Crippen LogP contribution >= 0.6 is 11.6 Å². The molecule has 5 aromatic rings. The molecule has 0 aliphatic heterocycles. The lowest BCUT2D eigenvalue weighted by Crippen LogP contribution is -2.14. The van der Waals surface area contributed by atoms with Gasteiger partial charge in [0.05, 0.1) is 30.8 Å². The van der Waals surface area contributed by atoms with Gasteiger partial charge in [0.2, 0.25) is 0 Å². The zero-order chi connectivity index (χ0) is 25.8. The zero-order valence-electron chi connectivity index (χ0n) is 20.9. The van der Waals surface area contributed by atoms with E-state index >= 15 is 0 Å². The SMILES string of the molecule is COC(=O)c1ccc(OCCc2c(C)n(C(c3ccccc3)c3ccccc3)c3cc(Cl)ccc23)cc1. The quantitative estimate of drug-likeness (QED) is 0.202. The van der Waals surface area contributed by atoms with Crippen molar-refractivity contribution in [3.63, 3.8) is 0 Å². The molecule has 0 aliphatic carbocycles. The molecule has 0 radical (unpaired) electrons. The highest BCUT2D eigenvalue weighted by Gasteiger charge is 2.23. The highest BCUT2D eigenvalue weighted by Crippen LogP contribution is 2.37. The van der Waals surface area contributed by atoms with Gasteiger partial charge in [0.25, 0.3) is 0 Å². The van der Waals surface area contributed by atoms with Crippen molar-refractivity contribution in [2.45, 2.75) is 19.4 Å². The molecule has 0 atom stereocenters. The first-order chi connectivity index (χ1) is 18.1. The number of carbonyl (C=O) groups excluding carboxylic acids is 1. The molecule has 37 heavy (non-hydrogen) atoms. The van der Waals surface area contributed by atoms with Crippen LogP contribution in [0.2, 0.25) is 5.02 Å². The molecule has 5 rings (SSSR count). The van der Waals surface area contributed by atoms with Gasteiger partial charge in [0.15, 0.2) is 0 Å². The van der Waals surface area contributed by atoms with Crippen molar-refractivity contribution in [3.8, 4) is 5.75 Å². The Hall–Kier alpha value is -4.02. The number of benzene rings is 4. The Labute approximate surface area is 222 Å². The Bertz CT molecular complexity index is 1470. The van der Waals surface area contributed by atoms with Gasteiger partial charge in [-0.25, -0.2) is 4.79 Å². The van der Waals surface area contributed by atoms with E-state index in [4.69, 9.17) is 21.1 Å². The highest BCUT2D eigenvalue weighted by molar-refractivity contribution is 6.31. The minimum Gasteiger partial charge on any atom is -0.493 e. The van der Waals surface area contributed by atoms with E-state index in [1.165, 1.54) is 34.9 Å². The van der Waals surface area contributed by atoms with Gasteiger partial charge in [0, 0.05) is 22.5 Å². The van der Waals surface area contributed by atoms with Crippen LogP contribution in [-0.2, 0) is 11.2 Å². The number of nitrogens with zero attached hydrogens (tertiary/aromatic N) is 1. The smallest absolute Gasteiger partial charge is 0.337 e. The maximum atomic E-state index is 11.7. The van der Waals surface area contributed by atoms with Gasteiger partial charge < -0.3 is 14.0 Å². The van der Waals surface area contributed by atoms with Gasteiger partial charge >= 0.3 is 5.97 Å². The van der Waals surface area contributed by atoms with Gasteiger partial charge in [-0.3, -0.25) is 0 Å². The molecular formula is C32H28ClNO3. The number of aromatic nitrogens is 1. The Morgan fingerprint density at radius 2 is 1.49 bits per heavy atom. The molecule has 0 aliphatic rings. The molecule has 0 unspecified atom stereocenters. The van der Waals surface area contributed by atoms with E-state index in [0.717, 1.165) is 11.9 Å². The second kappa shape index (κ2) is 10.9. The fourth-order valence-corrected chi connectivity index (χ4v) is 5.13. The third-order valence-corrected chi connectivity index (χ3v) is 6.96. The average Bonchev–Trinajstić information content (AvgIpc) is 3.20. The van der Waals surface area contributed by atoms with Crippen molar-refractivity contribution >= 4 is 28.5 Å². The van der Waals surface area contributed by atoms with Crippen LogP contribution in [0.5, 0.6) is 5.75 Å². The van der Waals surface area contributed by atoms with Crippen LogP contribution in [-0.4, -0.2) is 24.3 Å². The van der Waals surface area contributed by atoms with Crippen LogP contribution in [0.4, 0.5) is 0 Å². The molecule has 4 aromatic carbocycles. The van der Waals surface area contributed by atoms with Crippen molar-refractivity contribution in [1.29, 1.82) is 0 Å². The lowest BCUT2D eigenvalue weighted by molar-refractivity contribution is 0.0600. The molecule has 0 N–H and O–H groups in total. The van der Waals surface area contributed by atoms with Crippen LogP contribution in [0.15, 0.2) is 103 Å². The minimum atomic E-state index is -0.361. The largest absolute Gasteiger partial charge is 0.493 e. The molecule has 0 fully saturated rings. The number of ether oxygens (including phenoxy) is 2. The molecule has 1 aromatic heterocycles. The molecule has 4 nitrogen and oxygen atoms in total. The molecule has 1 heterocycles. The van der Waals surface area contributed by atoms with E-state index in [1.54, 1.807) is 24.3 Å². The van der Waals surface area contributed by atoms with Crippen molar-refractivity contribution in [2.24, 2.45) is 0 Å². The molecule has 0 saturated heterocycles. The van der Waals surface area contributed by atoms with Crippen molar-refractivity contribution in [3.05, 3.63) is 136 Å². The molecule has 0 saturated carbocycles. The number of fused-ring (bicyclic) bond motifs is 1. The summed E-state index contributed by atoms with van der Waals surface area (Å²) in [4.78, 5) is 11.7. The number of hydrogen-bond acceptors (Lipinski definition) is 3. The van der Waals surface area contributed by atoms with E-state index in [2.05, 4.69) is 72.2 Å². The third-order valence-electron chi connectivity index (χ3n) is 6.73. The number of rotatable bonds is 8. The van der Waals surface area contributed by atoms with E-state index in [9.17, 15) is 4.79 Å². The van der Waals surface area contributed by atoms with Gasteiger partial charge in [-0.1, -0.05) is 78.3 Å². The maximum absolute atomic E-state index is 11.7. The summed E-state index contributed by atoms with van der Waals surface area (Å²) in [5.41, 5.74) is 6.43. The monoisotopic (exact) mass is 509 g/mol. The topological polar surface area (TPSA) is 40.5 Å². The summed E-state index contributed by atoms with van der Waals surface area (Å²) in [6.45, 7) is 2.68. The molecule has 0 spiro atoms. The second-order valence-corrected chi connectivity index (χ2v) is 9.37. The Kier molecular flexibility index (Phi) is 7.29. The zero-order valence-corrected chi connectivity index (χ0v) is 21.6. The molecular weight excluding hydrogens is 482 g/mol. The van der Waals surface area contributed by atoms with E-state index in [-0.39, 0.29) is 12.0 Å². The normalized spacial score (nSPS) is 11.1. The van der Waals surface area contributed by atoms with E-state index in [0.29, 0.717) is 22.9 Å². The standard InChI is InChI=1S/C32H28ClNO3/c1-22-28(19-20-37-27-16-13-25(14-17-27)32(35)36-2)29-18-15-26(33)21-30(29)34(22)31(23-9-5-3-6-10-23)24-11-7-4-8-12-24/h3-18,21,31H,19-20H2,1-2H3. The summed E-state index contributed by atoms with van der Waals surface area (Å²) in [5, 5.41) is 1.88.